The molecule has 1 unspecified atom stereocenters. The second-order valence-corrected chi connectivity index (χ2v) is 6.20. The highest BCUT2D eigenvalue weighted by molar-refractivity contribution is 7.99. The third kappa shape index (κ3) is 2.98. The molecule has 0 aromatic heterocycles. The molecule has 21 heavy (non-hydrogen) atoms. The molecule has 0 saturated carbocycles. The fourth-order valence-corrected chi connectivity index (χ4v) is 3.75. The Kier molecular flexibility index (Phi) is 4.30. The Bertz CT molecular complexity index is 634. The van der Waals surface area contributed by atoms with Crippen molar-refractivity contribution in [2.75, 3.05) is 12.4 Å². The Morgan fingerprint density at radius 3 is 2.71 bits per heavy atom. The molecule has 2 aromatic carbocycles. The maximum absolute atomic E-state index is 12.7. The first-order chi connectivity index (χ1) is 10.3. The van der Waals surface area contributed by atoms with Crippen LogP contribution in [0.3, 0.4) is 0 Å². The summed E-state index contributed by atoms with van der Waals surface area (Å²) in [6.07, 6.45) is 0.983. The van der Waals surface area contributed by atoms with E-state index < -0.39 is 0 Å². The van der Waals surface area contributed by atoms with Gasteiger partial charge in [-0.25, -0.2) is 0 Å². The molecule has 0 saturated heterocycles. The van der Waals surface area contributed by atoms with Gasteiger partial charge < -0.3 is 4.74 Å². The number of carbonyl (C=O) groups is 1. The summed E-state index contributed by atoms with van der Waals surface area (Å²) in [6, 6.07) is 15.7. The number of carbonyl (C=O) groups excluding carboxylic acids is 1. The van der Waals surface area contributed by atoms with E-state index in [4.69, 9.17) is 4.74 Å². The van der Waals surface area contributed by atoms with Gasteiger partial charge in [-0.3, -0.25) is 4.79 Å². The molecule has 2 nitrogen and oxygen atoms in total. The quantitative estimate of drug-likeness (QED) is 0.758. The highest BCUT2D eigenvalue weighted by Crippen LogP contribution is 2.40. The van der Waals surface area contributed by atoms with Gasteiger partial charge in [0.2, 0.25) is 0 Å². The lowest BCUT2D eigenvalue weighted by Gasteiger charge is -2.10. The lowest BCUT2D eigenvalue weighted by Crippen LogP contribution is -2.12. The maximum atomic E-state index is 12.7. The molecule has 0 bridgehead atoms. The van der Waals surface area contributed by atoms with Crippen LogP contribution in [0, 0.1) is 0 Å². The van der Waals surface area contributed by atoms with E-state index in [1.807, 2.05) is 36.4 Å². The van der Waals surface area contributed by atoms with Crippen molar-refractivity contribution in [2.45, 2.75) is 24.2 Å². The van der Waals surface area contributed by atoms with Gasteiger partial charge in [-0.1, -0.05) is 25.1 Å². The number of hydrogen-bond donors (Lipinski definition) is 0. The summed E-state index contributed by atoms with van der Waals surface area (Å²) >= 11 is 1.77. The standard InChI is InChI=1S/C18H18O2S/c1-2-11-20-14-9-7-13(8-10-14)18(19)16-12-21-17-6-4-3-5-15(16)17/h3-10,16H,2,11-12H2,1H3. The first-order valence-electron chi connectivity index (χ1n) is 7.28. The number of ether oxygens (including phenoxy) is 1. The second-order valence-electron chi connectivity index (χ2n) is 5.14. The molecular formula is C18H18O2S. The van der Waals surface area contributed by atoms with Crippen molar-refractivity contribution in [3.63, 3.8) is 0 Å². The van der Waals surface area contributed by atoms with E-state index in [1.54, 1.807) is 11.8 Å². The highest BCUT2D eigenvalue weighted by Gasteiger charge is 2.29. The number of Topliss-reactive ketones (excluding diaryl/α,β-unsaturated/α-hetero) is 1. The van der Waals surface area contributed by atoms with Crippen molar-refractivity contribution in [1.82, 2.24) is 0 Å². The molecular weight excluding hydrogens is 280 g/mol. The monoisotopic (exact) mass is 298 g/mol. The third-order valence-electron chi connectivity index (χ3n) is 3.63. The van der Waals surface area contributed by atoms with Crippen molar-refractivity contribution in [2.24, 2.45) is 0 Å². The van der Waals surface area contributed by atoms with E-state index in [-0.39, 0.29) is 11.7 Å². The van der Waals surface area contributed by atoms with Crippen molar-refractivity contribution < 1.29 is 9.53 Å². The SMILES string of the molecule is CCCOc1ccc(C(=O)C2CSc3ccccc32)cc1. The molecule has 1 aliphatic rings. The Morgan fingerprint density at radius 2 is 1.95 bits per heavy atom. The van der Waals surface area contributed by atoms with Gasteiger partial charge in [0, 0.05) is 16.2 Å². The minimum Gasteiger partial charge on any atom is -0.494 e. The topological polar surface area (TPSA) is 26.3 Å². The molecule has 108 valence electrons. The predicted molar refractivity (Wildman–Crippen MR) is 86.5 cm³/mol. The van der Waals surface area contributed by atoms with Crippen molar-refractivity contribution in [3.05, 3.63) is 59.7 Å². The van der Waals surface area contributed by atoms with Gasteiger partial charge in [0.1, 0.15) is 5.75 Å². The van der Waals surface area contributed by atoms with Crippen molar-refractivity contribution in [1.29, 1.82) is 0 Å². The zero-order valence-corrected chi connectivity index (χ0v) is 12.9. The number of hydrogen-bond acceptors (Lipinski definition) is 3. The molecule has 0 spiro atoms. The van der Waals surface area contributed by atoms with Crippen LogP contribution >= 0.6 is 11.8 Å². The van der Waals surface area contributed by atoms with Crippen LogP contribution < -0.4 is 4.74 Å². The second kappa shape index (κ2) is 6.35. The van der Waals surface area contributed by atoms with Gasteiger partial charge >= 0.3 is 0 Å². The molecule has 0 radical (unpaired) electrons. The zero-order valence-electron chi connectivity index (χ0n) is 12.0. The van der Waals surface area contributed by atoms with Gasteiger partial charge in [-0.15, -0.1) is 11.8 Å². The van der Waals surface area contributed by atoms with E-state index in [1.165, 1.54) is 10.5 Å². The first-order valence-corrected chi connectivity index (χ1v) is 8.27. The number of ketones is 1. The van der Waals surface area contributed by atoms with Gasteiger partial charge in [0.15, 0.2) is 5.78 Å². The van der Waals surface area contributed by atoms with Crippen LogP contribution in [0.25, 0.3) is 0 Å². The summed E-state index contributed by atoms with van der Waals surface area (Å²) < 4.78 is 5.56. The fraction of sp³-hybridized carbons (Fsp3) is 0.278. The lowest BCUT2D eigenvalue weighted by atomic mass is 9.92. The molecule has 0 N–H and O–H groups in total. The largest absolute Gasteiger partial charge is 0.494 e. The first kappa shape index (κ1) is 14.2. The average Bonchev–Trinajstić information content (AvgIpc) is 2.97. The van der Waals surface area contributed by atoms with Gasteiger partial charge in [0.25, 0.3) is 0 Å². The summed E-state index contributed by atoms with van der Waals surface area (Å²) in [4.78, 5) is 13.9. The normalized spacial score (nSPS) is 16.5. The highest BCUT2D eigenvalue weighted by atomic mass is 32.2. The summed E-state index contributed by atoms with van der Waals surface area (Å²) in [6.45, 7) is 2.78. The molecule has 1 aliphatic heterocycles. The van der Waals surface area contributed by atoms with E-state index in [0.717, 1.165) is 23.5 Å². The van der Waals surface area contributed by atoms with Crippen molar-refractivity contribution >= 4 is 17.5 Å². The van der Waals surface area contributed by atoms with Crippen LogP contribution in [0.15, 0.2) is 53.4 Å². The van der Waals surface area contributed by atoms with Gasteiger partial charge in [-0.05, 0) is 42.3 Å². The molecule has 0 fully saturated rings. The molecule has 0 aliphatic carbocycles. The molecule has 2 aromatic rings. The van der Waals surface area contributed by atoms with Gasteiger partial charge in [0.05, 0.1) is 12.5 Å². The number of fused-ring (bicyclic) bond motifs is 1. The van der Waals surface area contributed by atoms with Crippen molar-refractivity contribution in [3.8, 4) is 5.75 Å². The molecule has 1 atom stereocenters. The Labute approximate surface area is 129 Å². The van der Waals surface area contributed by atoms with Gasteiger partial charge in [-0.2, -0.15) is 0 Å². The number of rotatable bonds is 5. The van der Waals surface area contributed by atoms with Crippen LogP contribution in [0.1, 0.15) is 35.2 Å². The summed E-state index contributed by atoms with van der Waals surface area (Å²) in [5.74, 6) is 1.85. The summed E-state index contributed by atoms with van der Waals surface area (Å²) in [5, 5.41) is 0. The zero-order chi connectivity index (χ0) is 14.7. The Balaban J connectivity index is 1.77. The lowest BCUT2D eigenvalue weighted by molar-refractivity contribution is 0.0968. The predicted octanol–water partition coefficient (Wildman–Crippen LogP) is 4.55. The number of benzene rings is 2. The molecule has 1 heterocycles. The fourth-order valence-electron chi connectivity index (χ4n) is 2.52. The minimum absolute atomic E-state index is 0.0198. The van der Waals surface area contributed by atoms with Crippen LogP contribution in [0.4, 0.5) is 0 Å². The maximum Gasteiger partial charge on any atom is 0.171 e. The molecule has 3 rings (SSSR count). The molecule has 3 heteroatoms. The van der Waals surface area contributed by atoms with Crippen LogP contribution in [-0.2, 0) is 0 Å². The summed E-state index contributed by atoms with van der Waals surface area (Å²) in [5.41, 5.74) is 1.93. The summed E-state index contributed by atoms with van der Waals surface area (Å²) in [7, 11) is 0. The van der Waals surface area contributed by atoms with E-state index in [0.29, 0.717) is 6.61 Å². The van der Waals surface area contributed by atoms with Crippen LogP contribution in [0.5, 0.6) is 5.75 Å². The Morgan fingerprint density at radius 1 is 1.19 bits per heavy atom. The van der Waals surface area contributed by atoms with E-state index >= 15 is 0 Å². The molecule has 0 amide bonds. The van der Waals surface area contributed by atoms with E-state index in [9.17, 15) is 4.79 Å². The van der Waals surface area contributed by atoms with Crippen LogP contribution in [0.2, 0.25) is 0 Å². The number of thioether (sulfide) groups is 1. The average molecular weight is 298 g/mol. The Hall–Kier alpha value is -1.74. The minimum atomic E-state index is -0.0198. The van der Waals surface area contributed by atoms with E-state index in [2.05, 4.69) is 19.1 Å². The smallest absolute Gasteiger partial charge is 0.171 e. The third-order valence-corrected chi connectivity index (χ3v) is 4.81. The van der Waals surface area contributed by atoms with Crippen LogP contribution in [-0.4, -0.2) is 18.1 Å².